The van der Waals surface area contributed by atoms with Crippen LogP contribution in [-0.4, -0.2) is 64.3 Å². The third-order valence-electron chi connectivity index (χ3n) is 4.25. The number of carbonyl (C=O) groups excluding carboxylic acids is 2. The Bertz CT molecular complexity index is 570. The van der Waals surface area contributed by atoms with E-state index in [2.05, 4.69) is 10.2 Å². The van der Waals surface area contributed by atoms with Crippen LogP contribution in [0.3, 0.4) is 0 Å². The van der Waals surface area contributed by atoms with Crippen LogP contribution in [0.25, 0.3) is 0 Å². The summed E-state index contributed by atoms with van der Waals surface area (Å²) in [5.74, 6) is -0.0610. The Labute approximate surface area is 123 Å². The van der Waals surface area contributed by atoms with Crippen molar-refractivity contribution in [1.82, 2.24) is 20.0 Å². The fourth-order valence-corrected chi connectivity index (χ4v) is 3.11. The molecule has 0 aliphatic carbocycles. The van der Waals surface area contributed by atoms with Gasteiger partial charge in [-0.25, -0.2) is 4.79 Å². The molecule has 7 heteroatoms. The van der Waals surface area contributed by atoms with Crippen molar-refractivity contribution < 1.29 is 14.3 Å². The summed E-state index contributed by atoms with van der Waals surface area (Å²) in [6.07, 6.45) is 2.04. The number of hydrogen-bond acceptors (Lipinski definition) is 4. The van der Waals surface area contributed by atoms with E-state index >= 15 is 0 Å². The average Bonchev–Trinajstić information content (AvgIpc) is 2.91. The van der Waals surface area contributed by atoms with Gasteiger partial charge in [0.2, 0.25) is 0 Å². The van der Waals surface area contributed by atoms with Gasteiger partial charge in [0, 0.05) is 32.3 Å². The number of hydrogen-bond donors (Lipinski definition) is 1. The molecular weight excluding hydrogens is 272 g/mol. The highest BCUT2D eigenvalue weighted by Crippen LogP contribution is 2.32. The zero-order valence-electron chi connectivity index (χ0n) is 12.4. The van der Waals surface area contributed by atoms with Crippen LogP contribution in [0.4, 0.5) is 4.79 Å². The third-order valence-corrected chi connectivity index (χ3v) is 4.25. The Morgan fingerprint density at radius 2 is 2.24 bits per heavy atom. The van der Waals surface area contributed by atoms with Crippen LogP contribution < -0.4 is 0 Å². The van der Waals surface area contributed by atoms with Gasteiger partial charge in [0.05, 0.1) is 6.54 Å². The van der Waals surface area contributed by atoms with Crippen LogP contribution in [0, 0.1) is 6.92 Å². The van der Waals surface area contributed by atoms with Crippen LogP contribution >= 0.6 is 0 Å². The van der Waals surface area contributed by atoms with Gasteiger partial charge in [-0.1, -0.05) is 0 Å². The van der Waals surface area contributed by atoms with Gasteiger partial charge < -0.3 is 14.5 Å². The topological polar surface area (TPSA) is 78.5 Å². The molecule has 114 valence electrons. The Kier molecular flexibility index (Phi) is 3.35. The maximum Gasteiger partial charge on any atom is 0.410 e. The van der Waals surface area contributed by atoms with Crippen LogP contribution in [0.15, 0.2) is 6.07 Å². The second kappa shape index (κ2) is 5.05. The number of H-pyrrole nitrogens is 1. The van der Waals surface area contributed by atoms with E-state index in [0.29, 0.717) is 31.7 Å². The van der Waals surface area contributed by atoms with Crippen LogP contribution in [0.5, 0.6) is 0 Å². The van der Waals surface area contributed by atoms with Crippen molar-refractivity contribution in [2.45, 2.75) is 31.8 Å². The monoisotopic (exact) mass is 292 g/mol. The van der Waals surface area contributed by atoms with E-state index in [-0.39, 0.29) is 12.0 Å². The molecule has 0 radical (unpaired) electrons. The van der Waals surface area contributed by atoms with Crippen LogP contribution in [0.2, 0.25) is 0 Å². The lowest BCUT2D eigenvalue weighted by Gasteiger charge is -2.25. The van der Waals surface area contributed by atoms with Crippen molar-refractivity contribution >= 4 is 12.0 Å². The molecule has 1 spiro atoms. The highest BCUT2D eigenvalue weighted by atomic mass is 16.6. The molecular formula is C14H20N4O3. The molecule has 2 amide bonds. The zero-order chi connectivity index (χ0) is 15.0. The molecule has 0 unspecified atom stereocenters. The molecule has 21 heavy (non-hydrogen) atoms. The smallest absolute Gasteiger partial charge is 0.410 e. The molecule has 2 aliphatic heterocycles. The van der Waals surface area contributed by atoms with Gasteiger partial charge in [-0.15, -0.1) is 0 Å². The first kappa shape index (κ1) is 13.9. The number of aromatic nitrogens is 2. The van der Waals surface area contributed by atoms with E-state index in [4.69, 9.17) is 4.74 Å². The van der Waals surface area contributed by atoms with Crippen molar-refractivity contribution in [3.8, 4) is 0 Å². The molecule has 1 aromatic rings. The highest BCUT2D eigenvalue weighted by Gasteiger charge is 2.44. The first-order valence-electron chi connectivity index (χ1n) is 7.24. The summed E-state index contributed by atoms with van der Waals surface area (Å²) in [7, 11) is 1.75. The molecule has 7 nitrogen and oxygen atoms in total. The minimum absolute atomic E-state index is 0.0610. The van der Waals surface area contributed by atoms with Gasteiger partial charge in [0.15, 0.2) is 0 Å². The van der Waals surface area contributed by atoms with Crippen molar-refractivity contribution in [2.24, 2.45) is 0 Å². The number of amides is 2. The Balaban J connectivity index is 1.69. The van der Waals surface area contributed by atoms with Crippen molar-refractivity contribution in [3.63, 3.8) is 0 Å². The zero-order valence-corrected chi connectivity index (χ0v) is 12.4. The molecule has 0 aromatic carbocycles. The minimum Gasteiger partial charge on any atom is -0.441 e. The van der Waals surface area contributed by atoms with Gasteiger partial charge in [-0.05, 0) is 25.8 Å². The lowest BCUT2D eigenvalue weighted by Crippen LogP contribution is -2.37. The number of likely N-dealkylation sites (N-methyl/N-ethyl adjacent to an activating group) is 1. The maximum atomic E-state index is 12.4. The van der Waals surface area contributed by atoms with E-state index in [9.17, 15) is 9.59 Å². The van der Waals surface area contributed by atoms with Gasteiger partial charge in [0.1, 0.15) is 11.3 Å². The largest absolute Gasteiger partial charge is 0.441 e. The van der Waals surface area contributed by atoms with Crippen LogP contribution in [0.1, 0.15) is 35.4 Å². The van der Waals surface area contributed by atoms with E-state index in [1.807, 2.05) is 6.92 Å². The van der Waals surface area contributed by atoms with Crippen LogP contribution in [-0.2, 0) is 4.74 Å². The Morgan fingerprint density at radius 1 is 1.43 bits per heavy atom. The van der Waals surface area contributed by atoms with E-state index in [1.54, 1.807) is 22.9 Å². The molecule has 1 atom stereocenters. The van der Waals surface area contributed by atoms with Gasteiger partial charge >= 0.3 is 6.09 Å². The Morgan fingerprint density at radius 3 is 2.86 bits per heavy atom. The van der Waals surface area contributed by atoms with Gasteiger partial charge in [0.25, 0.3) is 5.91 Å². The normalized spacial score (nSPS) is 26.1. The van der Waals surface area contributed by atoms with E-state index in [0.717, 1.165) is 18.5 Å². The lowest BCUT2D eigenvalue weighted by atomic mass is 9.95. The number of rotatable bonds is 1. The number of carbonyl (C=O) groups is 2. The second-order valence-electron chi connectivity index (χ2n) is 5.99. The maximum absolute atomic E-state index is 12.4. The predicted molar refractivity (Wildman–Crippen MR) is 74.9 cm³/mol. The summed E-state index contributed by atoms with van der Waals surface area (Å²) in [6, 6.07) is 1.76. The standard InChI is InChI=1S/C14H20N4O3/c1-10-8-11(16-15-10)12(19)18-6-3-4-14(5-7-18)9-17(2)13(20)21-14/h8H,3-7,9H2,1-2H3,(H,15,16)/t14-/m0/s1. The first-order valence-corrected chi connectivity index (χ1v) is 7.24. The second-order valence-corrected chi connectivity index (χ2v) is 5.99. The molecule has 0 bridgehead atoms. The number of ether oxygens (including phenoxy) is 1. The summed E-state index contributed by atoms with van der Waals surface area (Å²) < 4.78 is 5.55. The quantitative estimate of drug-likeness (QED) is 0.842. The summed E-state index contributed by atoms with van der Waals surface area (Å²) in [5.41, 5.74) is 0.891. The molecule has 2 saturated heterocycles. The fourth-order valence-electron chi connectivity index (χ4n) is 3.11. The summed E-state index contributed by atoms with van der Waals surface area (Å²) in [4.78, 5) is 27.4. The SMILES string of the molecule is Cc1cc(C(=O)N2CCC[C@]3(CC2)CN(C)C(=O)O3)n[nH]1. The van der Waals surface area contributed by atoms with E-state index < -0.39 is 5.60 Å². The van der Waals surface area contributed by atoms with Crippen molar-refractivity contribution in [2.75, 3.05) is 26.7 Å². The Hall–Kier alpha value is -2.05. The number of nitrogens with zero attached hydrogens (tertiary/aromatic N) is 3. The minimum atomic E-state index is -0.428. The van der Waals surface area contributed by atoms with E-state index in [1.165, 1.54) is 0 Å². The third kappa shape index (κ3) is 2.59. The van der Waals surface area contributed by atoms with Crippen molar-refractivity contribution in [3.05, 3.63) is 17.5 Å². The number of nitrogens with one attached hydrogen (secondary N) is 1. The predicted octanol–water partition coefficient (Wildman–Crippen LogP) is 1.17. The van der Waals surface area contributed by atoms with Gasteiger partial charge in [-0.3, -0.25) is 9.89 Å². The number of aryl methyl sites for hydroxylation is 1. The summed E-state index contributed by atoms with van der Waals surface area (Å²) >= 11 is 0. The molecule has 1 N–H and O–H groups in total. The summed E-state index contributed by atoms with van der Waals surface area (Å²) in [6.45, 7) is 3.74. The molecule has 2 fully saturated rings. The summed E-state index contributed by atoms with van der Waals surface area (Å²) in [5, 5.41) is 6.82. The molecule has 3 rings (SSSR count). The van der Waals surface area contributed by atoms with Gasteiger partial charge in [-0.2, -0.15) is 5.10 Å². The lowest BCUT2D eigenvalue weighted by molar-refractivity contribution is 0.0438. The average molecular weight is 292 g/mol. The number of likely N-dealkylation sites (tertiary alicyclic amines) is 1. The highest BCUT2D eigenvalue weighted by molar-refractivity contribution is 5.92. The first-order chi connectivity index (χ1) is 9.99. The molecule has 3 heterocycles. The molecule has 2 aliphatic rings. The molecule has 0 saturated carbocycles. The fraction of sp³-hybridized carbons (Fsp3) is 0.643. The van der Waals surface area contributed by atoms with Crippen molar-refractivity contribution in [1.29, 1.82) is 0 Å². The molecule has 1 aromatic heterocycles. The number of aromatic amines is 1.